The first-order chi connectivity index (χ1) is 9.84. The van der Waals surface area contributed by atoms with Crippen molar-refractivity contribution >= 4 is 29.3 Å². The zero-order chi connectivity index (χ0) is 15.6. The zero-order valence-corrected chi connectivity index (χ0v) is 11.6. The molecular formula is C13H13ClF2N2O3. The van der Waals surface area contributed by atoms with E-state index < -0.39 is 34.9 Å². The third kappa shape index (κ3) is 3.24. The van der Waals surface area contributed by atoms with Gasteiger partial charge in [0.25, 0.3) is 0 Å². The minimum absolute atomic E-state index is 0.301. The number of carboxylic acid groups (broad SMARTS) is 1. The fraction of sp³-hybridized carbons (Fsp3) is 0.385. The monoisotopic (exact) mass is 318 g/mol. The Bertz CT molecular complexity index is 566. The topological polar surface area (TPSA) is 78.4 Å². The third-order valence-corrected chi connectivity index (χ3v) is 3.76. The van der Waals surface area contributed by atoms with Crippen molar-refractivity contribution in [3.05, 3.63) is 28.8 Å². The van der Waals surface area contributed by atoms with Crippen molar-refractivity contribution in [3.63, 3.8) is 0 Å². The number of halogens is 3. The van der Waals surface area contributed by atoms with Crippen molar-refractivity contribution in [2.24, 2.45) is 0 Å². The molecule has 0 saturated heterocycles. The largest absolute Gasteiger partial charge is 0.480 e. The summed E-state index contributed by atoms with van der Waals surface area (Å²) < 4.78 is 26.5. The third-order valence-electron chi connectivity index (χ3n) is 3.46. The molecule has 8 heteroatoms. The van der Waals surface area contributed by atoms with Gasteiger partial charge in [-0.15, -0.1) is 0 Å². The van der Waals surface area contributed by atoms with E-state index in [0.29, 0.717) is 31.7 Å². The Labute approximate surface area is 124 Å². The molecule has 1 aliphatic rings. The summed E-state index contributed by atoms with van der Waals surface area (Å²) >= 11 is 5.65. The lowest BCUT2D eigenvalue weighted by molar-refractivity contribution is -0.144. The lowest BCUT2D eigenvalue weighted by atomic mass is 9.98. The molecule has 1 fully saturated rings. The molecule has 0 unspecified atom stereocenters. The molecule has 0 radical (unpaired) electrons. The van der Waals surface area contributed by atoms with Gasteiger partial charge in [0.15, 0.2) is 5.82 Å². The van der Waals surface area contributed by atoms with E-state index in [-0.39, 0.29) is 5.02 Å². The molecule has 5 nitrogen and oxygen atoms in total. The number of anilines is 1. The van der Waals surface area contributed by atoms with Crippen LogP contribution in [-0.4, -0.2) is 22.6 Å². The maximum Gasteiger partial charge on any atom is 0.329 e. The Morgan fingerprint density at radius 2 is 1.86 bits per heavy atom. The van der Waals surface area contributed by atoms with Crippen LogP contribution in [0.1, 0.15) is 25.7 Å². The highest BCUT2D eigenvalue weighted by Gasteiger charge is 2.42. The predicted molar refractivity (Wildman–Crippen MR) is 72.4 cm³/mol. The van der Waals surface area contributed by atoms with E-state index in [0.717, 1.165) is 6.07 Å². The van der Waals surface area contributed by atoms with Crippen LogP contribution in [0, 0.1) is 11.6 Å². The average molecular weight is 319 g/mol. The minimum atomic E-state index is -1.35. The first-order valence-corrected chi connectivity index (χ1v) is 6.69. The molecule has 1 saturated carbocycles. The highest BCUT2D eigenvalue weighted by molar-refractivity contribution is 6.33. The van der Waals surface area contributed by atoms with Crippen molar-refractivity contribution in [2.75, 3.05) is 5.32 Å². The summed E-state index contributed by atoms with van der Waals surface area (Å²) in [5.74, 6) is -3.05. The van der Waals surface area contributed by atoms with Gasteiger partial charge in [0.2, 0.25) is 0 Å². The van der Waals surface area contributed by atoms with Crippen LogP contribution in [0.3, 0.4) is 0 Å². The number of rotatable bonds is 3. The SMILES string of the molecule is O=C(Nc1c(F)cc(F)cc1Cl)NC1(C(=O)O)CCCC1. The Balaban J connectivity index is 2.14. The van der Waals surface area contributed by atoms with E-state index in [1.807, 2.05) is 0 Å². The Morgan fingerprint density at radius 1 is 1.24 bits per heavy atom. The lowest BCUT2D eigenvalue weighted by Crippen LogP contribution is -2.53. The Hall–Kier alpha value is -1.89. The van der Waals surface area contributed by atoms with Crippen LogP contribution in [0.25, 0.3) is 0 Å². The number of benzene rings is 1. The lowest BCUT2D eigenvalue weighted by Gasteiger charge is -2.25. The minimum Gasteiger partial charge on any atom is -0.480 e. The van der Waals surface area contributed by atoms with Gasteiger partial charge in [0, 0.05) is 6.07 Å². The number of urea groups is 1. The molecular weight excluding hydrogens is 306 g/mol. The van der Waals surface area contributed by atoms with Gasteiger partial charge >= 0.3 is 12.0 Å². The molecule has 114 valence electrons. The standard InChI is InChI=1S/C13H13ClF2N2O3/c14-8-5-7(15)6-9(16)10(8)17-12(21)18-13(11(19)20)3-1-2-4-13/h5-6H,1-4H2,(H,19,20)(H2,17,18,21). The van der Waals surface area contributed by atoms with Crippen LogP contribution < -0.4 is 10.6 Å². The molecule has 2 rings (SSSR count). The molecule has 21 heavy (non-hydrogen) atoms. The fourth-order valence-electron chi connectivity index (χ4n) is 2.39. The second-order valence-corrected chi connectivity index (χ2v) is 5.33. The van der Waals surface area contributed by atoms with E-state index in [9.17, 15) is 23.5 Å². The molecule has 1 aromatic rings. The zero-order valence-electron chi connectivity index (χ0n) is 10.9. The summed E-state index contributed by atoms with van der Waals surface area (Å²) in [6, 6.07) is 0.527. The molecule has 0 atom stereocenters. The number of carbonyl (C=O) groups excluding carboxylic acids is 1. The number of carbonyl (C=O) groups is 2. The number of hydrogen-bond donors (Lipinski definition) is 3. The summed E-state index contributed by atoms with van der Waals surface area (Å²) in [5, 5.41) is 13.4. The summed E-state index contributed by atoms with van der Waals surface area (Å²) in [6.45, 7) is 0. The highest BCUT2D eigenvalue weighted by Crippen LogP contribution is 2.31. The van der Waals surface area contributed by atoms with Crippen LogP contribution >= 0.6 is 11.6 Å². The average Bonchev–Trinajstić information content (AvgIpc) is 2.83. The molecule has 0 bridgehead atoms. The molecule has 0 heterocycles. The van der Waals surface area contributed by atoms with Crippen molar-refractivity contribution in [3.8, 4) is 0 Å². The van der Waals surface area contributed by atoms with Gasteiger partial charge in [0.1, 0.15) is 11.4 Å². The van der Waals surface area contributed by atoms with Crippen LogP contribution in [0.2, 0.25) is 5.02 Å². The molecule has 2 amide bonds. The first kappa shape index (κ1) is 15.5. The van der Waals surface area contributed by atoms with Gasteiger partial charge in [-0.1, -0.05) is 24.4 Å². The number of aliphatic carboxylic acids is 1. The normalized spacial score (nSPS) is 16.5. The van der Waals surface area contributed by atoms with E-state index in [1.54, 1.807) is 0 Å². The van der Waals surface area contributed by atoms with Crippen molar-refractivity contribution in [1.29, 1.82) is 0 Å². The van der Waals surface area contributed by atoms with Crippen LogP contribution in [-0.2, 0) is 4.79 Å². The van der Waals surface area contributed by atoms with Crippen LogP contribution in [0.15, 0.2) is 12.1 Å². The number of nitrogens with one attached hydrogen (secondary N) is 2. The Kier molecular flexibility index (Phi) is 4.32. The first-order valence-electron chi connectivity index (χ1n) is 6.31. The maximum absolute atomic E-state index is 13.6. The van der Waals surface area contributed by atoms with Crippen molar-refractivity contribution in [2.45, 2.75) is 31.2 Å². The van der Waals surface area contributed by atoms with Gasteiger partial charge in [-0.3, -0.25) is 0 Å². The Morgan fingerprint density at radius 3 is 2.38 bits per heavy atom. The van der Waals surface area contributed by atoms with Crippen molar-refractivity contribution in [1.82, 2.24) is 5.32 Å². The van der Waals surface area contributed by atoms with Gasteiger partial charge in [0.05, 0.1) is 10.7 Å². The summed E-state index contributed by atoms with van der Waals surface area (Å²) in [6.07, 6.45) is 1.96. The summed E-state index contributed by atoms with van der Waals surface area (Å²) in [7, 11) is 0. The molecule has 0 aliphatic heterocycles. The molecule has 0 aromatic heterocycles. The smallest absolute Gasteiger partial charge is 0.329 e. The van der Waals surface area contributed by atoms with Crippen LogP contribution in [0.5, 0.6) is 0 Å². The van der Waals surface area contributed by atoms with Crippen molar-refractivity contribution < 1.29 is 23.5 Å². The highest BCUT2D eigenvalue weighted by atomic mass is 35.5. The second-order valence-electron chi connectivity index (χ2n) is 4.92. The molecule has 0 spiro atoms. The van der Waals surface area contributed by atoms with E-state index >= 15 is 0 Å². The summed E-state index contributed by atoms with van der Waals surface area (Å²) in [5.41, 5.74) is -1.75. The molecule has 1 aromatic carbocycles. The van der Waals surface area contributed by atoms with Gasteiger partial charge in [-0.2, -0.15) is 0 Å². The quantitative estimate of drug-likeness (QED) is 0.801. The summed E-state index contributed by atoms with van der Waals surface area (Å²) in [4.78, 5) is 23.2. The van der Waals surface area contributed by atoms with E-state index in [2.05, 4.69) is 10.6 Å². The van der Waals surface area contributed by atoms with E-state index in [1.165, 1.54) is 0 Å². The van der Waals surface area contributed by atoms with Crippen LogP contribution in [0.4, 0.5) is 19.3 Å². The molecule has 1 aliphatic carbocycles. The van der Waals surface area contributed by atoms with Gasteiger partial charge in [-0.05, 0) is 18.9 Å². The predicted octanol–water partition coefficient (Wildman–Crippen LogP) is 3.14. The number of hydrogen-bond acceptors (Lipinski definition) is 2. The number of carboxylic acids is 1. The molecule has 3 N–H and O–H groups in total. The van der Waals surface area contributed by atoms with Gasteiger partial charge in [-0.25, -0.2) is 18.4 Å². The second kappa shape index (κ2) is 5.85. The number of amides is 2. The van der Waals surface area contributed by atoms with Gasteiger partial charge < -0.3 is 15.7 Å². The fourth-order valence-corrected chi connectivity index (χ4v) is 2.64. The van der Waals surface area contributed by atoms with E-state index in [4.69, 9.17) is 11.6 Å². The maximum atomic E-state index is 13.6.